The van der Waals surface area contributed by atoms with Crippen molar-refractivity contribution in [1.29, 1.82) is 0 Å². The zero-order valence-electron chi connectivity index (χ0n) is 16.6. The number of hydrogen-bond donors (Lipinski definition) is 1. The number of benzene rings is 2. The summed E-state index contributed by atoms with van der Waals surface area (Å²) in [4.78, 5) is 26.8. The molecule has 0 bridgehead atoms. The number of rotatable bonds is 5. The van der Waals surface area contributed by atoms with E-state index in [1.807, 2.05) is 12.1 Å². The molecule has 5 nitrogen and oxygen atoms in total. The molecule has 0 spiro atoms. The van der Waals surface area contributed by atoms with Gasteiger partial charge in [0.05, 0.1) is 17.7 Å². The van der Waals surface area contributed by atoms with E-state index >= 15 is 0 Å². The number of halogens is 3. The van der Waals surface area contributed by atoms with Crippen LogP contribution in [-0.2, 0) is 16.0 Å². The van der Waals surface area contributed by atoms with Crippen LogP contribution < -0.4 is 5.32 Å². The molecule has 2 amide bonds. The summed E-state index contributed by atoms with van der Waals surface area (Å²) in [7, 11) is 0. The van der Waals surface area contributed by atoms with Crippen LogP contribution in [0.3, 0.4) is 0 Å². The molecule has 0 saturated carbocycles. The zero-order chi connectivity index (χ0) is 21.7. The Kier molecular flexibility index (Phi) is 6.92. The number of amides is 2. The minimum absolute atomic E-state index is 0.0928. The number of urea groups is 1. The van der Waals surface area contributed by atoms with Crippen molar-refractivity contribution in [2.75, 3.05) is 25.0 Å². The van der Waals surface area contributed by atoms with Crippen LogP contribution in [0.4, 0.5) is 19.3 Å². The van der Waals surface area contributed by atoms with E-state index < -0.39 is 23.1 Å². The van der Waals surface area contributed by atoms with E-state index in [9.17, 15) is 18.4 Å². The summed E-state index contributed by atoms with van der Waals surface area (Å²) in [6, 6.07) is 9.77. The Labute approximate surface area is 179 Å². The number of piperidine rings is 1. The fourth-order valence-corrected chi connectivity index (χ4v) is 3.78. The number of nitrogens with zero attached hydrogens (tertiary/aromatic N) is 1. The minimum Gasteiger partial charge on any atom is -0.466 e. The molecule has 160 valence electrons. The van der Waals surface area contributed by atoms with Gasteiger partial charge < -0.3 is 15.0 Å². The van der Waals surface area contributed by atoms with Gasteiger partial charge in [-0.3, -0.25) is 4.79 Å². The number of hydrogen-bond acceptors (Lipinski definition) is 3. The highest BCUT2D eigenvalue weighted by atomic mass is 35.5. The van der Waals surface area contributed by atoms with E-state index in [1.165, 1.54) is 11.0 Å². The number of anilines is 1. The molecule has 0 aromatic heterocycles. The Hall–Kier alpha value is -2.67. The Balaban J connectivity index is 1.69. The molecule has 2 aromatic rings. The molecular weight excluding hydrogens is 414 g/mol. The van der Waals surface area contributed by atoms with Crippen molar-refractivity contribution in [3.8, 4) is 0 Å². The van der Waals surface area contributed by atoms with Gasteiger partial charge in [-0.05, 0) is 56.0 Å². The number of ether oxygens (including phenoxy) is 1. The van der Waals surface area contributed by atoms with Crippen molar-refractivity contribution in [2.45, 2.75) is 26.2 Å². The van der Waals surface area contributed by atoms with Crippen molar-refractivity contribution in [3.05, 3.63) is 64.7 Å². The third kappa shape index (κ3) is 5.08. The van der Waals surface area contributed by atoms with E-state index in [0.717, 1.165) is 11.6 Å². The standard InChI is InChI=1S/C22H23ClF2N2O3/c1-2-30-20(28)22(14-15-3-5-16(23)6-4-15)9-11-27(12-10-22)21(29)26-19-8-7-17(24)13-18(19)25/h3-8,13H,2,9-12,14H2,1H3,(H,26,29). The molecule has 8 heteroatoms. The average molecular weight is 437 g/mol. The molecule has 1 fully saturated rings. The van der Waals surface area contributed by atoms with E-state index in [2.05, 4.69) is 5.32 Å². The maximum atomic E-state index is 13.8. The van der Waals surface area contributed by atoms with Gasteiger partial charge in [0.2, 0.25) is 0 Å². The summed E-state index contributed by atoms with van der Waals surface area (Å²) in [6.45, 7) is 2.64. The molecule has 3 rings (SSSR count). The fourth-order valence-electron chi connectivity index (χ4n) is 3.65. The Morgan fingerprint density at radius 2 is 1.80 bits per heavy atom. The van der Waals surface area contributed by atoms with Gasteiger partial charge in [0.25, 0.3) is 0 Å². The molecular formula is C22H23ClF2N2O3. The van der Waals surface area contributed by atoms with Crippen molar-refractivity contribution < 1.29 is 23.1 Å². The Morgan fingerprint density at radius 1 is 1.13 bits per heavy atom. The van der Waals surface area contributed by atoms with Crippen LogP contribution in [0.1, 0.15) is 25.3 Å². The van der Waals surface area contributed by atoms with Gasteiger partial charge in [-0.2, -0.15) is 0 Å². The first-order valence-corrected chi connectivity index (χ1v) is 10.1. The molecule has 1 aliphatic heterocycles. The molecule has 0 atom stereocenters. The maximum Gasteiger partial charge on any atom is 0.321 e. The third-order valence-electron chi connectivity index (χ3n) is 5.34. The van der Waals surface area contributed by atoms with Gasteiger partial charge in [0, 0.05) is 24.2 Å². The monoisotopic (exact) mass is 436 g/mol. The third-order valence-corrected chi connectivity index (χ3v) is 5.60. The van der Waals surface area contributed by atoms with Gasteiger partial charge >= 0.3 is 12.0 Å². The molecule has 0 aliphatic carbocycles. The molecule has 2 aromatic carbocycles. The van der Waals surface area contributed by atoms with E-state index in [4.69, 9.17) is 16.3 Å². The van der Waals surface area contributed by atoms with Crippen LogP contribution in [0.15, 0.2) is 42.5 Å². The smallest absolute Gasteiger partial charge is 0.321 e. The summed E-state index contributed by atoms with van der Waals surface area (Å²) in [5.74, 6) is -1.85. The second-order valence-electron chi connectivity index (χ2n) is 7.35. The number of nitrogens with one attached hydrogen (secondary N) is 1. The molecule has 30 heavy (non-hydrogen) atoms. The zero-order valence-corrected chi connectivity index (χ0v) is 17.3. The second kappa shape index (κ2) is 9.43. The highest BCUT2D eigenvalue weighted by Crippen LogP contribution is 2.37. The van der Waals surface area contributed by atoms with Crippen molar-refractivity contribution >= 4 is 29.3 Å². The lowest BCUT2D eigenvalue weighted by Gasteiger charge is -2.40. The molecule has 1 aliphatic rings. The number of carbonyl (C=O) groups is 2. The summed E-state index contributed by atoms with van der Waals surface area (Å²) in [6.07, 6.45) is 1.30. The quantitative estimate of drug-likeness (QED) is 0.668. The van der Waals surface area contributed by atoms with Gasteiger partial charge in [0.1, 0.15) is 11.6 Å². The topological polar surface area (TPSA) is 58.6 Å². The number of likely N-dealkylation sites (tertiary alicyclic amines) is 1. The van der Waals surface area contributed by atoms with Gasteiger partial charge in [-0.25, -0.2) is 13.6 Å². The van der Waals surface area contributed by atoms with Crippen LogP contribution in [0.5, 0.6) is 0 Å². The highest BCUT2D eigenvalue weighted by molar-refractivity contribution is 6.30. The Bertz CT molecular complexity index is 913. The SMILES string of the molecule is CCOC(=O)C1(Cc2ccc(Cl)cc2)CCN(C(=O)Nc2ccc(F)cc2F)CC1. The molecule has 0 radical (unpaired) electrons. The molecule has 1 heterocycles. The molecule has 0 unspecified atom stereocenters. The molecule has 1 saturated heterocycles. The lowest BCUT2D eigenvalue weighted by atomic mass is 9.73. The van der Waals surface area contributed by atoms with Crippen LogP contribution >= 0.6 is 11.6 Å². The van der Waals surface area contributed by atoms with E-state index in [0.29, 0.717) is 43.4 Å². The number of carbonyl (C=O) groups excluding carboxylic acids is 2. The van der Waals surface area contributed by atoms with Crippen molar-refractivity contribution in [1.82, 2.24) is 4.90 Å². The van der Waals surface area contributed by atoms with E-state index in [1.54, 1.807) is 19.1 Å². The maximum absolute atomic E-state index is 13.8. The summed E-state index contributed by atoms with van der Waals surface area (Å²) in [5.41, 5.74) is 0.116. The predicted octanol–water partition coefficient (Wildman–Crippen LogP) is 5.04. The molecule has 1 N–H and O–H groups in total. The number of esters is 1. The predicted molar refractivity (Wildman–Crippen MR) is 110 cm³/mol. The Morgan fingerprint density at radius 3 is 2.40 bits per heavy atom. The minimum atomic E-state index is -0.844. The summed E-state index contributed by atoms with van der Waals surface area (Å²) >= 11 is 5.95. The first kappa shape index (κ1) is 22.0. The van der Waals surface area contributed by atoms with Gasteiger partial charge in [0.15, 0.2) is 0 Å². The van der Waals surface area contributed by atoms with Crippen LogP contribution in [0, 0.1) is 17.0 Å². The fraction of sp³-hybridized carbons (Fsp3) is 0.364. The highest BCUT2D eigenvalue weighted by Gasteiger charge is 2.43. The van der Waals surface area contributed by atoms with E-state index in [-0.39, 0.29) is 18.3 Å². The lowest BCUT2D eigenvalue weighted by molar-refractivity contribution is -0.158. The van der Waals surface area contributed by atoms with Gasteiger partial charge in [-0.1, -0.05) is 23.7 Å². The normalized spacial score (nSPS) is 15.5. The second-order valence-corrected chi connectivity index (χ2v) is 7.78. The van der Waals surface area contributed by atoms with Gasteiger partial charge in [-0.15, -0.1) is 0 Å². The first-order chi connectivity index (χ1) is 14.3. The van der Waals surface area contributed by atoms with Crippen LogP contribution in [0.25, 0.3) is 0 Å². The largest absolute Gasteiger partial charge is 0.466 e. The van der Waals surface area contributed by atoms with Crippen molar-refractivity contribution in [3.63, 3.8) is 0 Å². The lowest BCUT2D eigenvalue weighted by Crippen LogP contribution is -2.49. The summed E-state index contributed by atoms with van der Waals surface area (Å²) in [5, 5.41) is 3.07. The first-order valence-electron chi connectivity index (χ1n) is 9.75. The summed E-state index contributed by atoms with van der Waals surface area (Å²) < 4.78 is 32.2. The van der Waals surface area contributed by atoms with Crippen LogP contribution in [0.2, 0.25) is 5.02 Å². The van der Waals surface area contributed by atoms with Crippen molar-refractivity contribution in [2.24, 2.45) is 5.41 Å². The van der Waals surface area contributed by atoms with Crippen LogP contribution in [-0.4, -0.2) is 36.6 Å². The average Bonchev–Trinajstić information content (AvgIpc) is 2.72.